The van der Waals surface area contributed by atoms with E-state index in [0.717, 1.165) is 12.0 Å². The molecular weight excluding hydrogens is 392 g/mol. The number of morpholine rings is 1. The maximum atomic E-state index is 12.6. The van der Waals surface area contributed by atoms with Crippen LogP contribution in [0.25, 0.3) is 0 Å². The maximum absolute atomic E-state index is 12.6. The highest BCUT2D eigenvalue weighted by Gasteiger charge is 2.24. The molecule has 0 unspecified atom stereocenters. The number of rotatable bonds is 7. The van der Waals surface area contributed by atoms with E-state index >= 15 is 0 Å². The third-order valence-corrected chi connectivity index (χ3v) is 6.13. The molecule has 29 heavy (non-hydrogen) atoms. The minimum atomic E-state index is -3.71. The highest BCUT2D eigenvalue weighted by molar-refractivity contribution is 7.92. The lowest BCUT2D eigenvalue weighted by molar-refractivity contribution is -0.142. The first-order valence-corrected chi connectivity index (χ1v) is 11.1. The Morgan fingerprint density at radius 2 is 1.72 bits per heavy atom. The number of carbonyl (C=O) groups is 1. The summed E-state index contributed by atoms with van der Waals surface area (Å²) >= 11 is 0. The number of ether oxygens (including phenoxy) is 2. The van der Waals surface area contributed by atoms with Crippen LogP contribution >= 0.6 is 0 Å². The Kier molecular flexibility index (Phi) is 6.76. The van der Waals surface area contributed by atoms with Crippen molar-refractivity contribution >= 4 is 21.6 Å². The summed E-state index contributed by atoms with van der Waals surface area (Å²) in [5.74, 6) is 0.326. The number of benzene rings is 2. The molecule has 1 amide bonds. The summed E-state index contributed by atoms with van der Waals surface area (Å²) in [6.45, 7) is 5.88. The van der Waals surface area contributed by atoms with Gasteiger partial charge >= 0.3 is 0 Å². The molecule has 156 valence electrons. The average Bonchev–Trinajstić information content (AvgIpc) is 2.74. The summed E-state index contributed by atoms with van der Waals surface area (Å²) in [6, 6.07) is 13.3. The van der Waals surface area contributed by atoms with Gasteiger partial charge in [-0.3, -0.25) is 9.52 Å². The van der Waals surface area contributed by atoms with E-state index in [9.17, 15) is 13.2 Å². The van der Waals surface area contributed by atoms with Crippen molar-refractivity contribution in [1.82, 2.24) is 4.90 Å². The number of amides is 1. The summed E-state index contributed by atoms with van der Waals surface area (Å²) in [7, 11) is -3.71. The maximum Gasteiger partial charge on any atom is 0.263 e. The van der Waals surface area contributed by atoms with E-state index in [4.69, 9.17) is 9.47 Å². The highest BCUT2D eigenvalue weighted by atomic mass is 32.2. The summed E-state index contributed by atoms with van der Waals surface area (Å²) in [5.41, 5.74) is 1.64. The first-order valence-electron chi connectivity index (χ1n) is 9.64. The summed E-state index contributed by atoms with van der Waals surface area (Å²) in [6.07, 6.45) is 0.229. The number of nitrogens with one attached hydrogen (secondary N) is 1. The van der Waals surface area contributed by atoms with Crippen LogP contribution in [0.15, 0.2) is 53.4 Å². The minimum Gasteiger partial charge on any atom is -0.481 e. The number of carbonyl (C=O) groups excluding carboxylic acids is 1. The second-order valence-electron chi connectivity index (χ2n) is 6.83. The third kappa shape index (κ3) is 5.48. The molecule has 1 fully saturated rings. The van der Waals surface area contributed by atoms with Crippen molar-refractivity contribution in [3.8, 4) is 5.75 Å². The van der Waals surface area contributed by atoms with Gasteiger partial charge in [0.05, 0.1) is 18.1 Å². The molecule has 0 bridgehead atoms. The standard InChI is InChI=1S/C21H26N2O5S/c1-3-17-4-6-18(7-5-17)22-29(25,26)20-10-8-19(9-11-20)28-16(2)21(24)23-12-14-27-15-13-23/h4-11,16,22H,3,12-15H2,1-2H3/t16-/m0/s1. The van der Waals surface area contributed by atoms with Crippen molar-refractivity contribution in [3.05, 3.63) is 54.1 Å². The van der Waals surface area contributed by atoms with Crippen molar-refractivity contribution in [2.75, 3.05) is 31.0 Å². The molecule has 0 aromatic heterocycles. The van der Waals surface area contributed by atoms with Gasteiger partial charge in [0, 0.05) is 18.8 Å². The zero-order chi connectivity index (χ0) is 20.9. The highest BCUT2D eigenvalue weighted by Crippen LogP contribution is 2.21. The predicted octanol–water partition coefficient (Wildman–Crippen LogP) is 2.68. The Balaban J connectivity index is 1.62. The van der Waals surface area contributed by atoms with E-state index in [1.165, 1.54) is 12.1 Å². The SMILES string of the molecule is CCc1ccc(NS(=O)(=O)c2ccc(O[C@@H](C)C(=O)N3CCOCC3)cc2)cc1. The molecule has 1 saturated heterocycles. The van der Waals surface area contributed by atoms with Gasteiger partial charge in [-0.15, -0.1) is 0 Å². The molecule has 1 aliphatic rings. The van der Waals surface area contributed by atoms with Crippen molar-refractivity contribution in [2.24, 2.45) is 0 Å². The van der Waals surface area contributed by atoms with Gasteiger partial charge in [-0.1, -0.05) is 19.1 Å². The molecule has 0 saturated carbocycles. The minimum absolute atomic E-state index is 0.109. The third-order valence-electron chi connectivity index (χ3n) is 4.73. The Labute approximate surface area is 171 Å². The van der Waals surface area contributed by atoms with Crippen molar-refractivity contribution < 1.29 is 22.7 Å². The number of anilines is 1. The summed E-state index contributed by atoms with van der Waals surface area (Å²) < 4.78 is 38.7. The van der Waals surface area contributed by atoms with Gasteiger partial charge in [0.25, 0.3) is 15.9 Å². The largest absolute Gasteiger partial charge is 0.481 e. The van der Waals surface area contributed by atoms with Gasteiger partial charge < -0.3 is 14.4 Å². The smallest absolute Gasteiger partial charge is 0.263 e. The molecule has 1 heterocycles. The van der Waals surface area contributed by atoms with Crippen LogP contribution in [0.1, 0.15) is 19.4 Å². The van der Waals surface area contributed by atoms with Crippen LogP contribution in [0.4, 0.5) is 5.69 Å². The molecule has 3 rings (SSSR count). The average molecular weight is 419 g/mol. The second kappa shape index (κ2) is 9.28. The van der Waals surface area contributed by atoms with Crippen molar-refractivity contribution in [3.63, 3.8) is 0 Å². The molecule has 8 heteroatoms. The fourth-order valence-corrected chi connectivity index (χ4v) is 4.07. The molecule has 1 aliphatic heterocycles. The van der Waals surface area contributed by atoms with Crippen LogP contribution in [-0.2, 0) is 26.0 Å². The van der Waals surface area contributed by atoms with E-state index < -0.39 is 16.1 Å². The lowest BCUT2D eigenvalue weighted by Gasteiger charge is -2.29. The number of nitrogens with zero attached hydrogens (tertiary/aromatic N) is 1. The van der Waals surface area contributed by atoms with Gasteiger partial charge in [-0.05, 0) is 55.3 Å². The predicted molar refractivity (Wildman–Crippen MR) is 111 cm³/mol. The van der Waals surface area contributed by atoms with Gasteiger partial charge in [0.2, 0.25) is 0 Å². The quantitative estimate of drug-likeness (QED) is 0.747. The Morgan fingerprint density at radius 3 is 2.31 bits per heavy atom. The summed E-state index contributed by atoms with van der Waals surface area (Å²) in [5, 5.41) is 0. The summed E-state index contributed by atoms with van der Waals surface area (Å²) in [4.78, 5) is 14.2. The molecule has 2 aromatic carbocycles. The number of hydrogen-bond acceptors (Lipinski definition) is 5. The number of hydrogen-bond donors (Lipinski definition) is 1. The van der Waals surface area contributed by atoms with Crippen LogP contribution in [-0.4, -0.2) is 51.6 Å². The molecule has 1 N–H and O–H groups in total. The number of sulfonamides is 1. The van der Waals surface area contributed by atoms with Crippen LogP contribution in [0.5, 0.6) is 5.75 Å². The molecule has 2 aromatic rings. The zero-order valence-corrected chi connectivity index (χ0v) is 17.4. The van der Waals surface area contributed by atoms with Crippen molar-refractivity contribution in [1.29, 1.82) is 0 Å². The molecule has 0 spiro atoms. The van der Waals surface area contributed by atoms with E-state index in [2.05, 4.69) is 4.72 Å². The van der Waals surface area contributed by atoms with Crippen LogP contribution in [0.3, 0.4) is 0 Å². The van der Waals surface area contributed by atoms with E-state index in [1.807, 2.05) is 19.1 Å². The molecule has 0 aliphatic carbocycles. The Hall–Kier alpha value is -2.58. The van der Waals surface area contributed by atoms with Gasteiger partial charge in [0.1, 0.15) is 5.75 Å². The molecule has 0 radical (unpaired) electrons. The molecular formula is C21H26N2O5S. The first-order chi connectivity index (χ1) is 13.9. The number of aryl methyl sites for hydroxylation is 1. The fourth-order valence-electron chi connectivity index (χ4n) is 3.02. The Morgan fingerprint density at radius 1 is 1.10 bits per heavy atom. The second-order valence-corrected chi connectivity index (χ2v) is 8.51. The van der Waals surface area contributed by atoms with E-state index in [1.54, 1.807) is 36.1 Å². The molecule has 1 atom stereocenters. The topological polar surface area (TPSA) is 84.9 Å². The van der Waals surface area contributed by atoms with Crippen LogP contribution in [0.2, 0.25) is 0 Å². The monoisotopic (exact) mass is 418 g/mol. The van der Waals surface area contributed by atoms with Crippen LogP contribution in [0, 0.1) is 0 Å². The Bertz CT molecular complexity index is 921. The van der Waals surface area contributed by atoms with Gasteiger partial charge in [0.15, 0.2) is 6.10 Å². The first kappa shape index (κ1) is 21.1. The zero-order valence-electron chi connectivity index (χ0n) is 16.6. The van der Waals surface area contributed by atoms with Crippen molar-refractivity contribution in [2.45, 2.75) is 31.3 Å². The van der Waals surface area contributed by atoms with Crippen LogP contribution < -0.4 is 9.46 Å². The normalized spacial score (nSPS) is 15.6. The van der Waals surface area contributed by atoms with Gasteiger partial charge in [-0.2, -0.15) is 0 Å². The van der Waals surface area contributed by atoms with E-state index in [0.29, 0.717) is 37.7 Å². The lowest BCUT2D eigenvalue weighted by atomic mass is 10.2. The van der Waals surface area contributed by atoms with E-state index in [-0.39, 0.29) is 10.8 Å². The molecule has 7 nitrogen and oxygen atoms in total. The lowest BCUT2D eigenvalue weighted by Crippen LogP contribution is -2.46. The van der Waals surface area contributed by atoms with Gasteiger partial charge in [-0.25, -0.2) is 8.42 Å². The fraction of sp³-hybridized carbons (Fsp3) is 0.381.